The number of nitrogens with one attached hydrogen (secondary N) is 1. The SMILES string of the molecule is CCCC(C)(C)CNC(CO)CO. The van der Waals surface area contributed by atoms with Crippen LogP contribution in [-0.4, -0.2) is 36.0 Å². The van der Waals surface area contributed by atoms with Gasteiger partial charge in [-0.1, -0.05) is 27.2 Å². The lowest BCUT2D eigenvalue weighted by atomic mass is 9.88. The summed E-state index contributed by atoms with van der Waals surface area (Å²) in [4.78, 5) is 0. The smallest absolute Gasteiger partial charge is 0.0607 e. The Morgan fingerprint density at radius 3 is 2.15 bits per heavy atom. The molecule has 13 heavy (non-hydrogen) atoms. The summed E-state index contributed by atoms with van der Waals surface area (Å²) in [6.07, 6.45) is 2.32. The zero-order valence-corrected chi connectivity index (χ0v) is 9.01. The van der Waals surface area contributed by atoms with Crippen molar-refractivity contribution in [3.05, 3.63) is 0 Å². The third-order valence-electron chi connectivity index (χ3n) is 2.24. The lowest BCUT2D eigenvalue weighted by Gasteiger charge is -2.26. The van der Waals surface area contributed by atoms with Gasteiger partial charge >= 0.3 is 0 Å². The minimum Gasteiger partial charge on any atom is -0.395 e. The van der Waals surface area contributed by atoms with E-state index in [4.69, 9.17) is 10.2 Å². The monoisotopic (exact) mass is 189 g/mol. The molecule has 3 nitrogen and oxygen atoms in total. The molecule has 0 aliphatic rings. The number of aliphatic hydroxyl groups excluding tert-OH is 2. The molecule has 0 aromatic carbocycles. The summed E-state index contributed by atoms with van der Waals surface area (Å²) in [5, 5.41) is 20.8. The second-order valence-corrected chi connectivity index (χ2v) is 4.36. The van der Waals surface area contributed by atoms with Crippen molar-refractivity contribution in [1.29, 1.82) is 0 Å². The van der Waals surface area contributed by atoms with Crippen LogP contribution in [0.4, 0.5) is 0 Å². The van der Waals surface area contributed by atoms with Crippen molar-refractivity contribution in [1.82, 2.24) is 5.32 Å². The molecular formula is C10H23NO2. The molecule has 0 bridgehead atoms. The molecule has 0 aliphatic carbocycles. The average Bonchev–Trinajstić information content (AvgIpc) is 2.06. The first kappa shape index (κ1) is 12.9. The van der Waals surface area contributed by atoms with E-state index in [0.29, 0.717) is 0 Å². The fourth-order valence-corrected chi connectivity index (χ4v) is 1.37. The van der Waals surface area contributed by atoms with Crippen molar-refractivity contribution in [3.8, 4) is 0 Å². The predicted octanol–water partition coefficient (Wildman–Crippen LogP) is 0.756. The summed E-state index contributed by atoms with van der Waals surface area (Å²) >= 11 is 0. The minimum absolute atomic E-state index is 0.00128. The molecule has 0 heterocycles. The number of aliphatic hydroxyl groups is 2. The molecule has 0 aromatic rings. The Bertz CT molecular complexity index is 122. The molecule has 0 aliphatic heterocycles. The molecule has 0 unspecified atom stereocenters. The van der Waals surface area contributed by atoms with Crippen molar-refractivity contribution < 1.29 is 10.2 Å². The highest BCUT2D eigenvalue weighted by molar-refractivity contribution is 4.74. The van der Waals surface area contributed by atoms with Gasteiger partial charge in [0, 0.05) is 6.54 Å². The van der Waals surface area contributed by atoms with Gasteiger partial charge in [-0.25, -0.2) is 0 Å². The normalized spacial score (nSPS) is 12.5. The maximum absolute atomic E-state index is 8.83. The Labute approximate surface area is 81.2 Å². The van der Waals surface area contributed by atoms with E-state index >= 15 is 0 Å². The van der Waals surface area contributed by atoms with Gasteiger partial charge in [-0.2, -0.15) is 0 Å². The van der Waals surface area contributed by atoms with E-state index in [1.54, 1.807) is 0 Å². The molecule has 0 amide bonds. The molecule has 80 valence electrons. The first-order valence-corrected chi connectivity index (χ1v) is 5.01. The van der Waals surface area contributed by atoms with E-state index in [2.05, 4.69) is 26.1 Å². The van der Waals surface area contributed by atoms with Crippen LogP contribution in [0.1, 0.15) is 33.6 Å². The van der Waals surface area contributed by atoms with Gasteiger partial charge in [0.1, 0.15) is 0 Å². The van der Waals surface area contributed by atoms with Crippen molar-refractivity contribution in [3.63, 3.8) is 0 Å². The summed E-state index contributed by atoms with van der Waals surface area (Å²) < 4.78 is 0. The highest BCUT2D eigenvalue weighted by Crippen LogP contribution is 2.20. The minimum atomic E-state index is -0.170. The average molecular weight is 189 g/mol. The molecule has 0 saturated carbocycles. The van der Waals surface area contributed by atoms with E-state index in [0.717, 1.165) is 19.4 Å². The van der Waals surface area contributed by atoms with E-state index < -0.39 is 0 Å². The fraction of sp³-hybridized carbons (Fsp3) is 1.00. The highest BCUT2D eigenvalue weighted by Gasteiger charge is 2.17. The van der Waals surface area contributed by atoms with Gasteiger partial charge in [-0.3, -0.25) is 0 Å². The maximum Gasteiger partial charge on any atom is 0.0607 e. The molecule has 0 aromatic heterocycles. The summed E-state index contributed by atoms with van der Waals surface area (Å²) in [7, 11) is 0. The third kappa shape index (κ3) is 6.02. The number of hydrogen-bond acceptors (Lipinski definition) is 3. The summed E-state index contributed by atoms with van der Waals surface area (Å²) in [6, 6.07) is -0.170. The summed E-state index contributed by atoms with van der Waals surface area (Å²) in [5.74, 6) is 0. The molecule has 0 saturated heterocycles. The third-order valence-corrected chi connectivity index (χ3v) is 2.24. The molecule has 0 radical (unpaired) electrons. The molecule has 3 N–H and O–H groups in total. The zero-order chi connectivity index (χ0) is 10.3. The van der Waals surface area contributed by atoms with Crippen molar-refractivity contribution in [2.45, 2.75) is 39.7 Å². The Morgan fingerprint density at radius 1 is 1.23 bits per heavy atom. The van der Waals surface area contributed by atoms with Crippen LogP contribution in [0.2, 0.25) is 0 Å². The van der Waals surface area contributed by atoms with Crippen molar-refractivity contribution in [2.24, 2.45) is 5.41 Å². The van der Waals surface area contributed by atoms with Gasteiger partial charge in [0.15, 0.2) is 0 Å². The quantitative estimate of drug-likeness (QED) is 0.554. The van der Waals surface area contributed by atoms with Crippen LogP contribution < -0.4 is 5.32 Å². The van der Waals surface area contributed by atoms with Crippen LogP contribution in [-0.2, 0) is 0 Å². The Hall–Kier alpha value is -0.120. The van der Waals surface area contributed by atoms with Gasteiger partial charge in [-0.05, 0) is 11.8 Å². The lowest BCUT2D eigenvalue weighted by molar-refractivity contribution is 0.158. The van der Waals surface area contributed by atoms with E-state index in [1.165, 1.54) is 0 Å². The van der Waals surface area contributed by atoms with Crippen LogP contribution in [0.5, 0.6) is 0 Å². The maximum atomic E-state index is 8.83. The van der Waals surface area contributed by atoms with Crippen LogP contribution in [0.15, 0.2) is 0 Å². The lowest BCUT2D eigenvalue weighted by Crippen LogP contribution is -2.41. The molecular weight excluding hydrogens is 166 g/mol. The Balaban J connectivity index is 3.71. The summed E-state index contributed by atoms with van der Waals surface area (Å²) in [6.45, 7) is 7.38. The van der Waals surface area contributed by atoms with Crippen LogP contribution in [0.25, 0.3) is 0 Å². The first-order chi connectivity index (χ1) is 6.05. The van der Waals surface area contributed by atoms with Gasteiger partial charge in [0.05, 0.1) is 19.3 Å². The molecule has 0 rings (SSSR count). The molecule has 3 heteroatoms. The molecule has 0 spiro atoms. The molecule has 0 atom stereocenters. The Morgan fingerprint density at radius 2 is 1.77 bits per heavy atom. The topological polar surface area (TPSA) is 52.5 Å². The van der Waals surface area contributed by atoms with Gasteiger partial charge < -0.3 is 15.5 Å². The van der Waals surface area contributed by atoms with Crippen LogP contribution in [0, 0.1) is 5.41 Å². The van der Waals surface area contributed by atoms with Crippen LogP contribution >= 0.6 is 0 Å². The van der Waals surface area contributed by atoms with Crippen molar-refractivity contribution >= 4 is 0 Å². The van der Waals surface area contributed by atoms with E-state index in [-0.39, 0.29) is 24.7 Å². The standard InChI is InChI=1S/C10H23NO2/c1-4-5-10(2,3)8-11-9(6-12)7-13/h9,11-13H,4-8H2,1-3H3. The molecule has 0 fully saturated rings. The van der Waals surface area contributed by atoms with Crippen molar-refractivity contribution in [2.75, 3.05) is 19.8 Å². The number of rotatable bonds is 7. The second-order valence-electron chi connectivity index (χ2n) is 4.36. The first-order valence-electron chi connectivity index (χ1n) is 5.01. The van der Waals surface area contributed by atoms with Gasteiger partial charge in [-0.15, -0.1) is 0 Å². The fourth-order valence-electron chi connectivity index (χ4n) is 1.37. The predicted molar refractivity (Wildman–Crippen MR) is 54.7 cm³/mol. The highest BCUT2D eigenvalue weighted by atomic mass is 16.3. The largest absolute Gasteiger partial charge is 0.395 e. The second kappa shape index (κ2) is 6.35. The van der Waals surface area contributed by atoms with Gasteiger partial charge in [0.2, 0.25) is 0 Å². The van der Waals surface area contributed by atoms with E-state index in [9.17, 15) is 0 Å². The van der Waals surface area contributed by atoms with Crippen LogP contribution in [0.3, 0.4) is 0 Å². The van der Waals surface area contributed by atoms with Gasteiger partial charge in [0.25, 0.3) is 0 Å². The zero-order valence-electron chi connectivity index (χ0n) is 9.01. The Kier molecular flexibility index (Phi) is 6.29. The number of hydrogen-bond donors (Lipinski definition) is 3. The van der Waals surface area contributed by atoms with E-state index in [1.807, 2.05) is 0 Å². The summed E-state index contributed by atoms with van der Waals surface area (Å²) in [5.41, 5.74) is 0.247.